The van der Waals surface area contributed by atoms with Gasteiger partial charge in [-0.3, -0.25) is 4.79 Å². The first-order valence-electron chi connectivity index (χ1n) is 5.81. The van der Waals surface area contributed by atoms with Crippen molar-refractivity contribution in [1.82, 2.24) is 0 Å². The van der Waals surface area contributed by atoms with Crippen LogP contribution in [0.4, 0.5) is 5.69 Å². The van der Waals surface area contributed by atoms with Crippen LogP contribution in [0.1, 0.15) is 11.1 Å². The van der Waals surface area contributed by atoms with Crippen molar-refractivity contribution in [2.75, 3.05) is 29.5 Å². The van der Waals surface area contributed by atoms with Crippen LogP contribution in [0.3, 0.4) is 0 Å². The molecule has 0 amide bonds. The zero-order valence-corrected chi connectivity index (χ0v) is 10.8. The Labute approximate surface area is 106 Å². The van der Waals surface area contributed by atoms with Gasteiger partial charge in [-0.15, -0.1) is 0 Å². The first kappa shape index (κ1) is 12.3. The van der Waals surface area contributed by atoms with Gasteiger partial charge in [0.25, 0.3) is 0 Å². The molecule has 4 heteroatoms. The van der Waals surface area contributed by atoms with E-state index in [2.05, 4.69) is 11.0 Å². The summed E-state index contributed by atoms with van der Waals surface area (Å²) in [4.78, 5) is 13.1. The Bertz CT molecular complexity index is 414. The Kier molecular flexibility index (Phi) is 3.94. The molecule has 0 spiro atoms. The van der Waals surface area contributed by atoms with Crippen molar-refractivity contribution in [3.05, 3.63) is 29.3 Å². The van der Waals surface area contributed by atoms with Crippen LogP contribution in [0.25, 0.3) is 0 Å². The van der Waals surface area contributed by atoms with Gasteiger partial charge in [-0.1, -0.05) is 6.07 Å². The molecule has 0 unspecified atom stereocenters. The van der Waals surface area contributed by atoms with Gasteiger partial charge in [0, 0.05) is 30.3 Å². The number of hydrogen-bond donors (Lipinski definition) is 1. The van der Waals surface area contributed by atoms with Crippen molar-refractivity contribution in [2.45, 2.75) is 13.3 Å². The third-order valence-corrected chi connectivity index (χ3v) is 3.99. The number of aryl methyl sites for hydroxylation is 1. The van der Waals surface area contributed by atoms with E-state index in [9.17, 15) is 4.79 Å². The first-order valence-corrected chi connectivity index (χ1v) is 6.96. The molecule has 0 saturated carbocycles. The highest BCUT2D eigenvalue weighted by Crippen LogP contribution is 2.22. The Morgan fingerprint density at radius 1 is 1.41 bits per heavy atom. The maximum atomic E-state index is 10.7. The summed E-state index contributed by atoms with van der Waals surface area (Å²) in [6.45, 7) is 4.16. The number of nitrogens with zero attached hydrogens (tertiary/aromatic N) is 1. The molecule has 1 N–H and O–H groups in total. The molecule has 0 aromatic heterocycles. The topological polar surface area (TPSA) is 40.5 Å². The number of anilines is 1. The number of aliphatic carboxylic acids is 1. The van der Waals surface area contributed by atoms with Crippen LogP contribution in [0, 0.1) is 6.92 Å². The predicted molar refractivity (Wildman–Crippen MR) is 72.1 cm³/mol. The standard InChI is InChI=1S/C13H17NO2S/c1-10-8-12(14-4-6-17-7-5-14)3-2-11(10)9-13(15)16/h2-3,8H,4-7,9H2,1H3,(H,15,16). The summed E-state index contributed by atoms with van der Waals surface area (Å²) >= 11 is 1.99. The lowest BCUT2D eigenvalue weighted by Gasteiger charge is -2.29. The van der Waals surface area contributed by atoms with E-state index >= 15 is 0 Å². The van der Waals surface area contributed by atoms with Crippen molar-refractivity contribution >= 4 is 23.4 Å². The molecule has 1 saturated heterocycles. The summed E-state index contributed by atoms with van der Waals surface area (Å²) in [6.07, 6.45) is 0.113. The van der Waals surface area contributed by atoms with Gasteiger partial charge in [-0.2, -0.15) is 11.8 Å². The van der Waals surface area contributed by atoms with Crippen molar-refractivity contribution in [1.29, 1.82) is 0 Å². The van der Waals surface area contributed by atoms with Gasteiger partial charge in [0.2, 0.25) is 0 Å². The lowest BCUT2D eigenvalue weighted by molar-refractivity contribution is -0.136. The number of hydrogen-bond acceptors (Lipinski definition) is 3. The number of carboxylic acid groups (broad SMARTS) is 1. The summed E-state index contributed by atoms with van der Waals surface area (Å²) in [6, 6.07) is 6.09. The number of thioether (sulfide) groups is 1. The molecule has 17 heavy (non-hydrogen) atoms. The lowest BCUT2D eigenvalue weighted by atomic mass is 10.0. The van der Waals surface area contributed by atoms with Crippen LogP contribution in [0.15, 0.2) is 18.2 Å². The van der Waals surface area contributed by atoms with E-state index in [0.29, 0.717) is 0 Å². The number of carboxylic acids is 1. The molecule has 1 heterocycles. The molecule has 1 aromatic carbocycles. The van der Waals surface area contributed by atoms with Crippen molar-refractivity contribution in [2.24, 2.45) is 0 Å². The highest BCUT2D eigenvalue weighted by molar-refractivity contribution is 7.99. The normalized spacial score (nSPS) is 15.9. The van der Waals surface area contributed by atoms with Gasteiger partial charge in [-0.05, 0) is 30.2 Å². The van der Waals surface area contributed by atoms with Crippen LogP contribution < -0.4 is 4.90 Å². The molecule has 1 aliphatic heterocycles. The molecule has 0 radical (unpaired) electrons. The fraction of sp³-hybridized carbons (Fsp3) is 0.462. The molecule has 1 aliphatic rings. The molecule has 0 aliphatic carbocycles. The van der Waals surface area contributed by atoms with Gasteiger partial charge in [0.15, 0.2) is 0 Å². The highest BCUT2D eigenvalue weighted by Gasteiger charge is 2.12. The SMILES string of the molecule is Cc1cc(N2CCSCC2)ccc1CC(=O)O. The quantitative estimate of drug-likeness (QED) is 0.894. The number of rotatable bonds is 3. The maximum Gasteiger partial charge on any atom is 0.307 e. The molecule has 1 fully saturated rings. The van der Waals surface area contributed by atoms with Crippen molar-refractivity contribution in [3.8, 4) is 0 Å². The van der Waals surface area contributed by atoms with Crippen molar-refractivity contribution < 1.29 is 9.90 Å². The minimum absolute atomic E-state index is 0.113. The van der Waals surface area contributed by atoms with E-state index in [-0.39, 0.29) is 6.42 Å². The van der Waals surface area contributed by atoms with Crippen LogP contribution in [-0.4, -0.2) is 35.7 Å². The van der Waals surface area contributed by atoms with Crippen LogP contribution in [0.2, 0.25) is 0 Å². The Morgan fingerprint density at radius 3 is 2.71 bits per heavy atom. The zero-order chi connectivity index (χ0) is 12.3. The summed E-state index contributed by atoms with van der Waals surface area (Å²) < 4.78 is 0. The van der Waals surface area contributed by atoms with Gasteiger partial charge < -0.3 is 10.0 Å². The van der Waals surface area contributed by atoms with E-state index in [0.717, 1.165) is 24.2 Å². The molecule has 0 bridgehead atoms. The van der Waals surface area contributed by atoms with E-state index in [1.807, 2.05) is 30.8 Å². The van der Waals surface area contributed by atoms with E-state index in [1.165, 1.54) is 17.2 Å². The van der Waals surface area contributed by atoms with Crippen LogP contribution >= 0.6 is 11.8 Å². The summed E-state index contributed by atoms with van der Waals surface area (Å²) in [5, 5.41) is 8.80. The second-order valence-corrected chi connectivity index (χ2v) is 5.51. The number of carbonyl (C=O) groups is 1. The molecule has 2 rings (SSSR count). The average Bonchev–Trinajstić information content (AvgIpc) is 2.32. The van der Waals surface area contributed by atoms with E-state index < -0.39 is 5.97 Å². The molecular weight excluding hydrogens is 234 g/mol. The van der Waals surface area contributed by atoms with Crippen molar-refractivity contribution in [3.63, 3.8) is 0 Å². The Hall–Kier alpha value is -1.16. The fourth-order valence-corrected chi connectivity index (χ4v) is 2.96. The minimum atomic E-state index is -0.768. The van der Waals surface area contributed by atoms with E-state index in [1.54, 1.807) is 0 Å². The monoisotopic (exact) mass is 251 g/mol. The molecule has 0 atom stereocenters. The maximum absolute atomic E-state index is 10.7. The first-order chi connectivity index (χ1) is 8.16. The molecular formula is C13H17NO2S. The average molecular weight is 251 g/mol. The molecule has 92 valence electrons. The lowest BCUT2D eigenvalue weighted by Crippen LogP contribution is -2.32. The van der Waals surface area contributed by atoms with E-state index in [4.69, 9.17) is 5.11 Å². The predicted octanol–water partition coefficient (Wildman–Crippen LogP) is 2.18. The Morgan fingerprint density at radius 2 is 2.12 bits per heavy atom. The summed E-state index contributed by atoms with van der Waals surface area (Å²) in [5.74, 6) is 1.58. The molecule has 1 aromatic rings. The third kappa shape index (κ3) is 3.16. The fourth-order valence-electron chi connectivity index (χ4n) is 2.06. The summed E-state index contributed by atoms with van der Waals surface area (Å²) in [7, 11) is 0. The van der Waals surface area contributed by atoms with Gasteiger partial charge >= 0.3 is 5.97 Å². The Balaban J connectivity index is 2.14. The summed E-state index contributed by atoms with van der Waals surface area (Å²) in [5.41, 5.74) is 3.20. The second-order valence-electron chi connectivity index (χ2n) is 4.28. The second kappa shape index (κ2) is 5.45. The third-order valence-electron chi connectivity index (χ3n) is 3.04. The number of benzene rings is 1. The minimum Gasteiger partial charge on any atom is -0.481 e. The zero-order valence-electron chi connectivity index (χ0n) is 9.98. The van der Waals surface area contributed by atoms with Crippen LogP contribution in [0.5, 0.6) is 0 Å². The van der Waals surface area contributed by atoms with Gasteiger partial charge in [0.1, 0.15) is 0 Å². The van der Waals surface area contributed by atoms with Gasteiger partial charge in [-0.25, -0.2) is 0 Å². The smallest absolute Gasteiger partial charge is 0.307 e. The highest BCUT2D eigenvalue weighted by atomic mass is 32.2. The van der Waals surface area contributed by atoms with Crippen LogP contribution in [-0.2, 0) is 11.2 Å². The molecule has 3 nitrogen and oxygen atoms in total. The largest absolute Gasteiger partial charge is 0.481 e. The van der Waals surface area contributed by atoms with Gasteiger partial charge in [0.05, 0.1) is 6.42 Å².